The number of hydrogen-bond donors (Lipinski definition) is 1. The van der Waals surface area contributed by atoms with Crippen molar-refractivity contribution < 1.29 is 22.7 Å². The number of carbonyl (C=O) groups is 1. The van der Waals surface area contributed by atoms with E-state index >= 15 is 0 Å². The predicted molar refractivity (Wildman–Crippen MR) is 49.1 cm³/mol. The Labute approximate surface area is 86.8 Å². The molecule has 15 heavy (non-hydrogen) atoms. The van der Waals surface area contributed by atoms with Gasteiger partial charge in [-0.05, 0) is 26.7 Å². The number of rotatable bonds is 5. The third-order valence-electron chi connectivity index (χ3n) is 1.90. The minimum Gasteiger partial charge on any atom is -0.465 e. The molecule has 1 unspecified atom stereocenters. The summed E-state index contributed by atoms with van der Waals surface area (Å²) < 4.78 is 40.1. The highest BCUT2D eigenvalue weighted by molar-refractivity contribution is 5.79. The summed E-state index contributed by atoms with van der Waals surface area (Å²) in [6.45, 7) is 3.16. The molecule has 0 heterocycles. The molecule has 6 heteroatoms. The van der Waals surface area contributed by atoms with Gasteiger partial charge in [0, 0.05) is 6.42 Å². The first-order valence-corrected chi connectivity index (χ1v) is 4.72. The van der Waals surface area contributed by atoms with Crippen LogP contribution in [-0.2, 0) is 9.53 Å². The van der Waals surface area contributed by atoms with Gasteiger partial charge >= 0.3 is 12.1 Å². The van der Waals surface area contributed by atoms with Gasteiger partial charge in [0.2, 0.25) is 0 Å². The van der Waals surface area contributed by atoms with Crippen LogP contribution in [0.2, 0.25) is 0 Å². The van der Waals surface area contributed by atoms with Crippen molar-refractivity contribution in [1.82, 2.24) is 0 Å². The fraction of sp³-hybridized carbons (Fsp3) is 0.889. The molecule has 0 radical (unpaired) electrons. The number of esters is 1. The zero-order chi connectivity index (χ0) is 12.1. The molecular weight excluding hydrogens is 211 g/mol. The molecule has 0 spiro atoms. The van der Waals surface area contributed by atoms with Crippen LogP contribution in [-0.4, -0.2) is 24.3 Å². The van der Waals surface area contributed by atoms with E-state index in [4.69, 9.17) is 5.73 Å². The average Bonchev–Trinajstić information content (AvgIpc) is 2.01. The van der Waals surface area contributed by atoms with E-state index in [0.717, 1.165) is 0 Å². The van der Waals surface area contributed by atoms with E-state index < -0.39 is 24.1 Å². The zero-order valence-corrected chi connectivity index (χ0v) is 8.86. The normalized spacial score (nSPS) is 15.9. The third kappa shape index (κ3) is 6.33. The summed E-state index contributed by atoms with van der Waals surface area (Å²) in [4.78, 5) is 11.2. The smallest absolute Gasteiger partial charge is 0.389 e. The van der Waals surface area contributed by atoms with Gasteiger partial charge < -0.3 is 10.5 Å². The van der Waals surface area contributed by atoms with E-state index in [0.29, 0.717) is 0 Å². The van der Waals surface area contributed by atoms with Crippen LogP contribution < -0.4 is 5.73 Å². The van der Waals surface area contributed by atoms with E-state index in [2.05, 4.69) is 4.74 Å². The van der Waals surface area contributed by atoms with Crippen LogP contribution in [0.3, 0.4) is 0 Å². The standard InChI is InChI=1S/C9H16F3NO2/c1-3-15-7(14)8(2,13)5-4-6-9(10,11)12/h3-6,13H2,1-2H3. The topological polar surface area (TPSA) is 52.3 Å². The van der Waals surface area contributed by atoms with Gasteiger partial charge in [-0.1, -0.05) is 0 Å². The maximum Gasteiger partial charge on any atom is 0.389 e. The van der Waals surface area contributed by atoms with Crippen LogP contribution in [0.5, 0.6) is 0 Å². The lowest BCUT2D eigenvalue weighted by atomic mass is 9.96. The molecule has 0 aliphatic rings. The maximum atomic E-state index is 11.8. The van der Waals surface area contributed by atoms with Crippen molar-refractivity contribution in [2.75, 3.05) is 6.61 Å². The van der Waals surface area contributed by atoms with Crippen LogP contribution in [0, 0.1) is 0 Å². The number of carbonyl (C=O) groups excluding carboxylic acids is 1. The molecule has 0 bridgehead atoms. The molecule has 2 N–H and O–H groups in total. The molecule has 0 aromatic carbocycles. The molecule has 0 saturated carbocycles. The molecule has 0 aromatic rings. The Morgan fingerprint density at radius 2 is 1.87 bits per heavy atom. The second-order valence-corrected chi connectivity index (χ2v) is 3.61. The first-order valence-electron chi connectivity index (χ1n) is 4.72. The minimum absolute atomic E-state index is 0.0364. The van der Waals surface area contributed by atoms with Crippen LogP contribution in [0.1, 0.15) is 33.1 Å². The molecule has 0 aliphatic carbocycles. The number of halogens is 3. The number of ether oxygens (including phenoxy) is 1. The molecule has 0 aliphatic heterocycles. The minimum atomic E-state index is -4.20. The van der Waals surface area contributed by atoms with Crippen molar-refractivity contribution in [3.8, 4) is 0 Å². The molecule has 0 fully saturated rings. The largest absolute Gasteiger partial charge is 0.465 e. The van der Waals surface area contributed by atoms with Gasteiger partial charge in [0.15, 0.2) is 0 Å². The highest BCUT2D eigenvalue weighted by Gasteiger charge is 2.32. The first-order chi connectivity index (χ1) is 6.69. The second kappa shape index (κ2) is 5.34. The Kier molecular flexibility index (Phi) is 5.07. The van der Waals surface area contributed by atoms with Crippen LogP contribution >= 0.6 is 0 Å². The average molecular weight is 227 g/mol. The molecular formula is C9H16F3NO2. The van der Waals surface area contributed by atoms with E-state index in [1.165, 1.54) is 6.92 Å². The predicted octanol–water partition coefficient (Wildman–Crippen LogP) is 2.00. The maximum absolute atomic E-state index is 11.8. The van der Waals surface area contributed by atoms with Gasteiger partial charge in [0.05, 0.1) is 6.61 Å². The summed E-state index contributed by atoms with van der Waals surface area (Å²) in [5.74, 6) is -0.660. The molecule has 0 rings (SSSR count). The van der Waals surface area contributed by atoms with Gasteiger partial charge in [-0.2, -0.15) is 13.2 Å². The van der Waals surface area contributed by atoms with Crippen LogP contribution in [0.4, 0.5) is 13.2 Å². The van der Waals surface area contributed by atoms with Crippen LogP contribution in [0.15, 0.2) is 0 Å². The molecule has 3 nitrogen and oxygen atoms in total. The van der Waals surface area contributed by atoms with Gasteiger partial charge in [0.25, 0.3) is 0 Å². The van der Waals surface area contributed by atoms with Gasteiger partial charge in [-0.3, -0.25) is 4.79 Å². The number of hydrogen-bond acceptors (Lipinski definition) is 3. The van der Waals surface area contributed by atoms with Crippen molar-refractivity contribution in [3.05, 3.63) is 0 Å². The van der Waals surface area contributed by atoms with Crippen molar-refractivity contribution in [3.63, 3.8) is 0 Å². The van der Waals surface area contributed by atoms with E-state index in [1.54, 1.807) is 6.92 Å². The lowest BCUT2D eigenvalue weighted by Gasteiger charge is -2.22. The summed E-state index contributed by atoms with van der Waals surface area (Å²) in [5, 5.41) is 0. The van der Waals surface area contributed by atoms with Crippen molar-refractivity contribution in [1.29, 1.82) is 0 Å². The van der Waals surface area contributed by atoms with Crippen molar-refractivity contribution in [2.24, 2.45) is 5.73 Å². The SMILES string of the molecule is CCOC(=O)C(C)(N)CCCC(F)(F)F. The van der Waals surface area contributed by atoms with E-state index in [9.17, 15) is 18.0 Å². The monoisotopic (exact) mass is 227 g/mol. The highest BCUT2D eigenvalue weighted by Crippen LogP contribution is 2.24. The lowest BCUT2D eigenvalue weighted by molar-refractivity contribution is -0.151. The van der Waals surface area contributed by atoms with Crippen LogP contribution in [0.25, 0.3) is 0 Å². The molecule has 0 amide bonds. The fourth-order valence-corrected chi connectivity index (χ4v) is 1.05. The highest BCUT2D eigenvalue weighted by atomic mass is 19.4. The second-order valence-electron chi connectivity index (χ2n) is 3.61. The summed E-state index contributed by atoms with van der Waals surface area (Å²) >= 11 is 0. The summed E-state index contributed by atoms with van der Waals surface area (Å²) in [7, 11) is 0. The Morgan fingerprint density at radius 1 is 1.33 bits per heavy atom. The van der Waals surface area contributed by atoms with Crippen molar-refractivity contribution >= 4 is 5.97 Å². The number of alkyl halides is 3. The Balaban J connectivity index is 3.99. The van der Waals surface area contributed by atoms with Gasteiger partial charge in [0.1, 0.15) is 5.54 Å². The Morgan fingerprint density at radius 3 is 2.27 bits per heavy atom. The van der Waals surface area contributed by atoms with Crippen molar-refractivity contribution in [2.45, 2.75) is 44.8 Å². The molecule has 0 saturated heterocycles. The summed E-state index contributed by atoms with van der Waals surface area (Å²) in [6.07, 6.45) is -5.34. The lowest BCUT2D eigenvalue weighted by Crippen LogP contribution is -2.46. The molecule has 90 valence electrons. The van der Waals surface area contributed by atoms with Gasteiger partial charge in [-0.15, -0.1) is 0 Å². The summed E-state index contributed by atoms with van der Waals surface area (Å²) in [5.41, 5.74) is 4.20. The zero-order valence-electron chi connectivity index (χ0n) is 8.86. The molecule has 1 atom stereocenters. The summed E-state index contributed by atoms with van der Waals surface area (Å²) in [6, 6.07) is 0. The first kappa shape index (κ1) is 14.2. The number of nitrogens with two attached hydrogens (primary N) is 1. The fourth-order valence-electron chi connectivity index (χ4n) is 1.05. The Hall–Kier alpha value is -0.780. The Bertz CT molecular complexity index is 214. The third-order valence-corrected chi connectivity index (χ3v) is 1.90. The van der Waals surface area contributed by atoms with E-state index in [1.807, 2.05) is 0 Å². The quantitative estimate of drug-likeness (QED) is 0.731. The van der Waals surface area contributed by atoms with E-state index in [-0.39, 0.29) is 19.4 Å². The van der Waals surface area contributed by atoms with Gasteiger partial charge in [-0.25, -0.2) is 0 Å². The molecule has 0 aromatic heterocycles.